The molecule has 1 aromatic rings. The average molecular weight is 195 g/mol. The Balaban J connectivity index is 2.68. The third-order valence-electron chi connectivity index (χ3n) is 1.84. The van der Waals surface area contributed by atoms with Crippen LogP contribution in [0.25, 0.3) is 0 Å². The number of nitrogens with zero attached hydrogens (tertiary/aromatic N) is 1. The highest BCUT2D eigenvalue weighted by atomic mass is 16.6. The molecule has 0 unspecified atom stereocenters. The molecule has 1 rings (SSSR count). The molecule has 0 spiro atoms. The number of benzene rings is 1. The number of rotatable bonds is 4. The number of non-ortho nitro benzene ring substituents is 1. The second kappa shape index (κ2) is 4.57. The van der Waals surface area contributed by atoms with Gasteiger partial charge in [-0.25, -0.2) is 0 Å². The molecule has 5 heteroatoms. The van der Waals surface area contributed by atoms with Crippen LogP contribution in [-0.4, -0.2) is 17.5 Å². The molecule has 5 nitrogen and oxygen atoms in total. The molecule has 0 amide bonds. The fourth-order valence-corrected chi connectivity index (χ4v) is 1.02. The summed E-state index contributed by atoms with van der Waals surface area (Å²) in [5.41, 5.74) is 6.36. The predicted octanol–water partition coefficient (Wildman–Crippen LogP) is 1.35. The van der Waals surface area contributed by atoms with E-state index in [-0.39, 0.29) is 11.7 Å². The second-order valence-electron chi connectivity index (χ2n) is 3.09. The molecular formula is C9H13N3O2. The minimum Gasteiger partial charge on any atom is -0.381 e. The molecule has 1 atom stereocenters. The van der Waals surface area contributed by atoms with E-state index in [1.54, 1.807) is 12.1 Å². The number of nitro benzene ring substituents is 1. The van der Waals surface area contributed by atoms with Crippen molar-refractivity contribution >= 4 is 11.4 Å². The minimum atomic E-state index is -0.420. The molecule has 0 radical (unpaired) electrons. The van der Waals surface area contributed by atoms with Crippen LogP contribution in [0, 0.1) is 10.1 Å². The number of nitro groups is 1. The maximum Gasteiger partial charge on any atom is 0.269 e. The molecular weight excluding hydrogens is 182 g/mol. The van der Waals surface area contributed by atoms with Crippen LogP contribution in [0.1, 0.15) is 6.92 Å². The van der Waals surface area contributed by atoms with E-state index in [0.717, 1.165) is 5.69 Å². The molecule has 0 aromatic heterocycles. The fraction of sp³-hybridized carbons (Fsp3) is 0.333. The summed E-state index contributed by atoms with van der Waals surface area (Å²) >= 11 is 0. The van der Waals surface area contributed by atoms with Gasteiger partial charge in [0.1, 0.15) is 0 Å². The standard InChI is InChI=1S/C9H13N3O2/c1-7(6-10)11-8-2-4-9(5-3-8)12(13)14/h2-5,7,11H,6,10H2,1H3/t7-/m1/s1. The number of hydrogen-bond donors (Lipinski definition) is 2. The van der Waals surface area contributed by atoms with Crippen molar-refractivity contribution in [2.75, 3.05) is 11.9 Å². The molecule has 0 heterocycles. The van der Waals surface area contributed by atoms with E-state index in [9.17, 15) is 10.1 Å². The molecule has 14 heavy (non-hydrogen) atoms. The summed E-state index contributed by atoms with van der Waals surface area (Å²) in [5.74, 6) is 0. The maximum absolute atomic E-state index is 10.4. The van der Waals surface area contributed by atoms with E-state index >= 15 is 0 Å². The second-order valence-corrected chi connectivity index (χ2v) is 3.09. The molecule has 0 aliphatic rings. The van der Waals surface area contributed by atoms with E-state index in [1.165, 1.54) is 12.1 Å². The van der Waals surface area contributed by atoms with Gasteiger partial charge in [0.2, 0.25) is 0 Å². The fourth-order valence-electron chi connectivity index (χ4n) is 1.02. The first-order chi connectivity index (χ1) is 6.63. The lowest BCUT2D eigenvalue weighted by atomic mass is 10.2. The van der Waals surface area contributed by atoms with Crippen molar-refractivity contribution in [3.63, 3.8) is 0 Å². The topological polar surface area (TPSA) is 81.2 Å². The van der Waals surface area contributed by atoms with Crippen molar-refractivity contribution in [1.29, 1.82) is 0 Å². The number of anilines is 1. The Kier molecular flexibility index (Phi) is 3.41. The number of hydrogen-bond acceptors (Lipinski definition) is 4. The molecule has 0 fully saturated rings. The third kappa shape index (κ3) is 2.70. The Hall–Kier alpha value is -1.62. The van der Waals surface area contributed by atoms with Gasteiger partial charge in [-0.2, -0.15) is 0 Å². The van der Waals surface area contributed by atoms with Crippen LogP contribution >= 0.6 is 0 Å². The average Bonchev–Trinajstić information content (AvgIpc) is 2.18. The van der Waals surface area contributed by atoms with Crippen LogP contribution in [-0.2, 0) is 0 Å². The largest absolute Gasteiger partial charge is 0.381 e. The monoisotopic (exact) mass is 195 g/mol. The normalized spacial score (nSPS) is 12.1. The van der Waals surface area contributed by atoms with Gasteiger partial charge in [0.05, 0.1) is 4.92 Å². The van der Waals surface area contributed by atoms with Gasteiger partial charge in [-0.1, -0.05) is 0 Å². The molecule has 76 valence electrons. The Morgan fingerprint density at radius 3 is 2.50 bits per heavy atom. The summed E-state index contributed by atoms with van der Waals surface area (Å²) in [6, 6.07) is 6.43. The lowest BCUT2D eigenvalue weighted by molar-refractivity contribution is -0.384. The Morgan fingerprint density at radius 2 is 2.07 bits per heavy atom. The zero-order valence-corrected chi connectivity index (χ0v) is 7.93. The molecule has 0 bridgehead atoms. The number of nitrogens with one attached hydrogen (secondary N) is 1. The highest BCUT2D eigenvalue weighted by molar-refractivity contribution is 5.49. The molecule has 0 saturated carbocycles. The first kappa shape index (κ1) is 10.5. The van der Waals surface area contributed by atoms with Crippen molar-refractivity contribution in [3.05, 3.63) is 34.4 Å². The lowest BCUT2D eigenvalue weighted by Gasteiger charge is -2.11. The van der Waals surface area contributed by atoms with E-state index in [0.29, 0.717) is 6.54 Å². The summed E-state index contributed by atoms with van der Waals surface area (Å²) in [6.07, 6.45) is 0. The predicted molar refractivity (Wildman–Crippen MR) is 55.2 cm³/mol. The highest BCUT2D eigenvalue weighted by Gasteiger charge is 2.04. The first-order valence-corrected chi connectivity index (χ1v) is 4.34. The van der Waals surface area contributed by atoms with Crippen molar-refractivity contribution < 1.29 is 4.92 Å². The summed E-state index contributed by atoms with van der Waals surface area (Å²) in [7, 11) is 0. The van der Waals surface area contributed by atoms with Gasteiger partial charge in [-0.15, -0.1) is 0 Å². The number of nitrogens with two attached hydrogens (primary N) is 1. The quantitative estimate of drug-likeness (QED) is 0.561. The van der Waals surface area contributed by atoms with Crippen LogP contribution < -0.4 is 11.1 Å². The van der Waals surface area contributed by atoms with Gasteiger partial charge >= 0.3 is 0 Å². The van der Waals surface area contributed by atoms with Gasteiger partial charge in [-0.3, -0.25) is 10.1 Å². The summed E-state index contributed by atoms with van der Waals surface area (Å²) in [5, 5.41) is 13.5. The summed E-state index contributed by atoms with van der Waals surface area (Å²) < 4.78 is 0. The molecule has 0 aliphatic carbocycles. The van der Waals surface area contributed by atoms with Crippen LogP contribution in [0.4, 0.5) is 11.4 Å². The Morgan fingerprint density at radius 1 is 1.50 bits per heavy atom. The van der Waals surface area contributed by atoms with Crippen molar-refractivity contribution in [2.24, 2.45) is 5.73 Å². The molecule has 1 aromatic carbocycles. The van der Waals surface area contributed by atoms with E-state index < -0.39 is 4.92 Å². The van der Waals surface area contributed by atoms with Gasteiger partial charge in [0.25, 0.3) is 5.69 Å². The van der Waals surface area contributed by atoms with E-state index in [4.69, 9.17) is 5.73 Å². The molecule has 0 aliphatic heterocycles. The zero-order valence-electron chi connectivity index (χ0n) is 7.93. The van der Waals surface area contributed by atoms with Crippen LogP contribution in [0.15, 0.2) is 24.3 Å². The zero-order chi connectivity index (χ0) is 10.6. The summed E-state index contributed by atoms with van der Waals surface area (Å²) in [6.45, 7) is 2.47. The Bertz CT molecular complexity index is 310. The molecule has 0 saturated heterocycles. The van der Waals surface area contributed by atoms with Crippen LogP contribution in [0.2, 0.25) is 0 Å². The van der Waals surface area contributed by atoms with Crippen molar-refractivity contribution in [2.45, 2.75) is 13.0 Å². The van der Waals surface area contributed by atoms with E-state index in [1.807, 2.05) is 6.92 Å². The van der Waals surface area contributed by atoms with Gasteiger partial charge in [0.15, 0.2) is 0 Å². The van der Waals surface area contributed by atoms with Crippen molar-refractivity contribution in [3.8, 4) is 0 Å². The van der Waals surface area contributed by atoms with Gasteiger partial charge < -0.3 is 11.1 Å². The smallest absolute Gasteiger partial charge is 0.269 e. The minimum absolute atomic E-state index is 0.0935. The third-order valence-corrected chi connectivity index (χ3v) is 1.84. The SMILES string of the molecule is C[C@H](CN)Nc1ccc([N+](=O)[O-])cc1. The van der Waals surface area contributed by atoms with Crippen LogP contribution in [0.5, 0.6) is 0 Å². The maximum atomic E-state index is 10.4. The Labute approximate surface area is 82.1 Å². The van der Waals surface area contributed by atoms with Crippen LogP contribution in [0.3, 0.4) is 0 Å². The summed E-state index contributed by atoms with van der Waals surface area (Å²) in [4.78, 5) is 9.94. The highest BCUT2D eigenvalue weighted by Crippen LogP contribution is 2.15. The lowest BCUT2D eigenvalue weighted by Crippen LogP contribution is -2.24. The first-order valence-electron chi connectivity index (χ1n) is 4.34. The van der Waals surface area contributed by atoms with E-state index in [2.05, 4.69) is 5.32 Å². The van der Waals surface area contributed by atoms with Gasteiger partial charge in [-0.05, 0) is 19.1 Å². The molecule has 3 N–H and O–H groups in total. The van der Waals surface area contributed by atoms with Crippen molar-refractivity contribution in [1.82, 2.24) is 0 Å². The van der Waals surface area contributed by atoms with Gasteiger partial charge in [0, 0.05) is 30.4 Å².